The summed E-state index contributed by atoms with van der Waals surface area (Å²) in [6.07, 6.45) is 4.24. The SMILES string of the molecule is CCn1c(SCCCNC(=O)/C=C/c2ccccc2)nc(-c2ccc(OC)cc2)c1-c1ccc(OC)cc1. The lowest BCUT2D eigenvalue weighted by Gasteiger charge is -2.11. The number of carbonyl (C=O) groups excluding carboxylic acids is 1. The first-order valence-electron chi connectivity index (χ1n) is 12.7. The number of benzene rings is 3. The standard InChI is InChI=1S/C31H33N3O3S/c1-4-34-30(25-14-18-27(37-3)19-15-25)29(24-12-16-26(36-2)17-13-24)33-31(34)38-22-8-21-32-28(35)20-11-23-9-6-5-7-10-23/h5-7,9-20H,4,8,21-22H2,1-3H3,(H,32,35)/b20-11+. The van der Waals surface area contributed by atoms with Gasteiger partial charge in [-0.3, -0.25) is 4.79 Å². The fraction of sp³-hybridized carbons (Fsp3) is 0.226. The molecule has 1 amide bonds. The van der Waals surface area contributed by atoms with Gasteiger partial charge in [0.25, 0.3) is 0 Å². The van der Waals surface area contributed by atoms with Crippen molar-refractivity contribution < 1.29 is 14.3 Å². The topological polar surface area (TPSA) is 65.4 Å². The number of aromatic nitrogens is 2. The van der Waals surface area contributed by atoms with Crippen LogP contribution in [-0.4, -0.2) is 42.0 Å². The molecule has 4 aromatic rings. The number of nitrogens with one attached hydrogen (secondary N) is 1. The summed E-state index contributed by atoms with van der Waals surface area (Å²) in [6.45, 7) is 3.53. The monoisotopic (exact) mass is 527 g/mol. The van der Waals surface area contributed by atoms with E-state index in [1.165, 1.54) is 0 Å². The third-order valence-corrected chi connectivity index (χ3v) is 7.12. The number of ether oxygens (including phenoxy) is 2. The Morgan fingerprint density at radius 3 is 2.16 bits per heavy atom. The minimum atomic E-state index is -0.0857. The van der Waals surface area contributed by atoms with Gasteiger partial charge in [-0.2, -0.15) is 0 Å². The van der Waals surface area contributed by atoms with Crippen molar-refractivity contribution in [2.45, 2.75) is 25.0 Å². The highest BCUT2D eigenvalue weighted by Crippen LogP contribution is 2.37. The lowest BCUT2D eigenvalue weighted by atomic mass is 10.0. The molecule has 196 valence electrons. The zero-order valence-electron chi connectivity index (χ0n) is 22.0. The number of amides is 1. The van der Waals surface area contributed by atoms with Crippen molar-refractivity contribution in [2.24, 2.45) is 0 Å². The number of rotatable bonds is 12. The summed E-state index contributed by atoms with van der Waals surface area (Å²) in [5.74, 6) is 2.38. The van der Waals surface area contributed by atoms with E-state index in [4.69, 9.17) is 14.5 Å². The lowest BCUT2D eigenvalue weighted by molar-refractivity contribution is -0.116. The highest BCUT2D eigenvalue weighted by molar-refractivity contribution is 7.99. The van der Waals surface area contributed by atoms with Crippen molar-refractivity contribution in [3.8, 4) is 34.0 Å². The van der Waals surface area contributed by atoms with Crippen LogP contribution >= 0.6 is 11.8 Å². The summed E-state index contributed by atoms with van der Waals surface area (Å²) in [6, 6.07) is 25.9. The van der Waals surface area contributed by atoms with Crippen LogP contribution in [0, 0.1) is 0 Å². The summed E-state index contributed by atoms with van der Waals surface area (Å²) in [5.41, 5.74) is 5.12. The Labute approximate surface area is 228 Å². The maximum atomic E-state index is 12.2. The Balaban J connectivity index is 1.47. The predicted molar refractivity (Wildman–Crippen MR) is 156 cm³/mol. The van der Waals surface area contributed by atoms with Crippen LogP contribution in [0.15, 0.2) is 90.1 Å². The predicted octanol–water partition coefficient (Wildman–Crippen LogP) is 6.57. The maximum absolute atomic E-state index is 12.2. The van der Waals surface area contributed by atoms with Crippen LogP contribution in [0.5, 0.6) is 11.5 Å². The van der Waals surface area contributed by atoms with E-state index in [0.717, 1.165) is 63.5 Å². The first-order valence-corrected chi connectivity index (χ1v) is 13.6. The molecule has 0 aliphatic heterocycles. The van der Waals surface area contributed by atoms with Gasteiger partial charge in [-0.1, -0.05) is 42.1 Å². The molecule has 0 atom stereocenters. The summed E-state index contributed by atoms with van der Waals surface area (Å²) in [7, 11) is 3.34. The lowest BCUT2D eigenvalue weighted by Crippen LogP contribution is -2.22. The number of methoxy groups -OCH3 is 2. The van der Waals surface area contributed by atoms with Crippen molar-refractivity contribution >= 4 is 23.7 Å². The van der Waals surface area contributed by atoms with Crippen LogP contribution < -0.4 is 14.8 Å². The van der Waals surface area contributed by atoms with Gasteiger partial charge in [-0.05, 0) is 73.5 Å². The molecule has 1 heterocycles. The van der Waals surface area contributed by atoms with E-state index in [9.17, 15) is 4.79 Å². The third-order valence-electron chi connectivity index (χ3n) is 6.05. The number of hydrogen-bond acceptors (Lipinski definition) is 5. The van der Waals surface area contributed by atoms with Gasteiger partial charge in [0, 0.05) is 36.0 Å². The highest BCUT2D eigenvalue weighted by Gasteiger charge is 2.20. The fourth-order valence-electron chi connectivity index (χ4n) is 4.07. The Morgan fingerprint density at radius 1 is 0.921 bits per heavy atom. The normalized spacial score (nSPS) is 11.0. The second-order valence-electron chi connectivity index (χ2n) is 8.53. The van der Waals surface area contributed by atoms with Crippen LogP contribution in [0.1, 0.15) is 18.9 Å². The van der Waals surface area contributed by atoms with Crippen LogP contribution in [0.4, 0.5) is 0 Å². The quantitative estimate of drug-likeness (QED) is 0.128. The van der Waals surface area contributed by atoms with Crippen LogP contribution in [-0.2, 0) is 11.3 Å². The molecular weight excluding hydrogens is 494 g/mol. The molecule has 0 aliphatic rings. The van der Waals surface area contributed by atoms with Gasteiger partial charge in [0.15, 0.2) is 5.16 Å². The van der Waals surface area contributed by atoms with Gasteiger partial charge in [-0.25, -0.2) is 4.98 Å². The minimum Gasteiger partial charge on any atom is -0.497 e. The molecule has 0 radical (unpaired) electrons. The third kappa shape index (κ3) is 6.86. The molecule has 0 unspecified atom stereocenters. The zero-order chi connectivity index (χ0) is 26.7. The smallest absolute Gasteiger partial charge is 0.243 e. The van der Waals surface area contributed by atoms with E-state index in [2.05, 4.69) is 28.9 Å². The van der Waals surface area contributed by atoms with Crippen molar-refractivity contribution in [3.05, 3.63) is 90.5 Å². The van der Waals surface area contributed by atoms with E-state index < -0.39 is 0 Å². The van der Waals surface area contributed by atoms with E-state index in [0.29, 0.717) is 6.54 Å². The van der Waals surface area contributed by atoms with Gasteiger partial charge >= 0.3 is 0 Å². The Hall–Kier alpha value is -3.97. The average molecular weight is 528 g/mol. The molecule has 4 rings (SSSR count). The average Bonchev–Trinajstić information content (AvgIpc) is 3.34. The Bertz CT molecular complexity index is 1350. The zero-order valence-corrected chi connectivity index (χ0v) is 22.8. The first-order chi connectivity index (χ1) is 18.6. The van der Waals surface area contributed by atoms with Crippen LogP contribution in [0.2, 0.25) is 0 Å². The molecule has 0 fully saturated rings. The first kappa shape index (κ1) is 27.1. The molecule has 1 aromatic heterocycles. The molecule has 0 saturated carbocycles. The van der Waals surface area contributed by atoms with Gasteiger partial charge in [0.1, 0.15) is 11.5 Å². The number of hydrogen-bond donors (Lipinski definition) is 1. The summed E-state index contributed by atoms with van der Waals surface area (Å²) < 4.78 is 13.0. The van der Waals surface area contributed by atoms with Crippen molar-refractivity contribution in [1.82, 2.24) is 14.9 Å². The number of nitrogens with zero attached hydrogens (tertiary/aromatic N) is 2. The van der Waals surface area contributed by atoms with E-state index in [1.807, 2.05) is 72.8 Å². The second-order valence-corrected chi connectivity index (χ2v) is 9.59. The Morgan fingerprint density at radius 2 is 1.55 bits per heavy atom. The molecule has 3 aromatic carbocycles. The molecule has 38 heavy (non-hydrogen) atoms. The molecular formula is C31H33N3O3S. The number of carbonyl (C=O) groups is 1. The van der Waals surface area contributed by atoms with Gasteiger partial charge in [0.05, 0.1) is 25.6 Å². The molecule has 1 N–H and O–H groups in total. The largest absolute Gasteiger partial charge is 0.497 e. The number of thioether (sulfide) groups is 1. The molecule has 0 bridgehead atoms. The van der Waals surface area contributed by atoms with Gasteiger partial charge in [0.2, 0.25) is 5.91 Å². The van der Waals surface area contributed by atoms with Crippen molar-refractivity contribution in [1.29, 1.82) is 0 Å². The van der Waals surface area contributed by atoms with Crippen LogP contribution in [0.25, 0.3) is 28.6 Å². The molecule has 6 nitrogen and oxygen atoms in total. The van der Waals surface area contributed by atoms with Crippen molar-refractivity contribution in [2.75, 3.05) is 26.5 Å². The van der Waals surface area contributed by atoms with Gasteiger partial charge in [-0.15, -0.1) is 0 Å². The highest BCUT2D eigenvalue weighted by atomic mass is 32.2. The molecule has 0 aliphatic carbocycles. The van der Waals surface area contributed by atoms with Crippen LogP contribution in [0.3, 0.4) is 0 Å². The van der Waals surface area contributed by atoms with E-state index in [1.54, 1.807) is 32.1 Å². The molecule has 0 saturated heterocycles. The Kier molecular flexibility index (Phi) is 9.65. The minimum absolute atomic E-state index is 0.0857. The van der Waals surface area contributed by atoms with Crippen molar-refractivity contribution in [3.63, 3.8) is 0 Å². The summed E-state index contributed by atoms with van der Waals surface area (Å²) in [4.78, 5) is 17.2. The number of imidazole rings is 1. The second kappa shape index (κ2) is 13.5. The molecule has 7 heteroatoms. The van der Waals surface area contributed by atoms with E-state index >= 15 is 0 Å². The summed E-state index contributed by atoms with van der Waals surface area (Å²) in [5, 5.41) is 3.93. The molecule has 0 spiro atoms. The summed E-state index contributed by atoms with van der Waals surface area (Å²) >= 11 is 1.71. The van der Waals surface area contributed by atoms with E-state index in [-0.39, 0.29) is 5.91 Å². The fourth-order valence-corrected chi connectivity index (χ4v) is 5.07. The maximum Gasteiger partial charge on any atom is 0.243 e. The van der Waals surface area contributed by atoms with Gasteiger partial charge < -0.3 is 19.4 Å².